The van der Waals surface area contributed by atoms with Gasteiger partial charge in [0.15, 0.2) is 0 Å². The number of hydrogen-bond donors (Lipinski definition) is 1. The molecule has 1 atom stereocenters. The second kappa shape index (κ2) is 14.6. The van der Waals surface area contributed by atoms with E-state index in [1.165, 1.54) is 27.9 Å². The Bertz CT molecular complexity index is 1840. The number of nitrogen functional groups attached to an aromatic ring is 1. The van der Waals surface area contributed by atoms with Crippen LogP contribution in [0.2, 0.25) is 0 Å². The number of carbonyl (C=O) groups excluding carboxylic acids is 4. The number of halogens is 1. The van der Waals surface area contributed by atoms with Crippen molar-refractivity contribution in [2.45, 2.75) is 52.4 Å². The summed E-state index contributed by atoms with van der Waals surface area (Å²) in [5.41, 5.74) is 8.85. The zero-order valence-electron chi connectivity index (χ0n) is 27.9. The summed E-state index contributed by atoms with van der Waals surface area (Å²) in [5, 5.41) is 0. The molecule has 254 valence electrons. The molecule has 4 aromatic carbocycles. The van der Waals surface area contributed by atoms with Crippen LogP contribution in [0.4, 0.5) is 31.9 Å². The number of carbonyl (C=O) groups is 4. The molecule has 10 nitrogen and oxygen atoms in total. The lowest BCUT2D eigenvalue weighted by atomic mass is 10.0. The van der Waals surface area contributed by atoms with Crippen molar-refractivity contribution >= 4 is 46.6 Å². The predicted octanol–water partition coefficient (Wildman–Crippen LogP) is 6.74. The SMILES string of the molecule is COC(=O)CC1C(=O)N(Cc2ccc(N)cc2)c2ccccc2N(c2ccc(CN(Cc3ccccc3F)C(=O)OC(C)(C)C)cc2)C1=O. The van der Waals surface area contributed by atoms with Crippen molar-refractivity contribution in [1.29, 1.82) is 0 Å². The van der Waals surface area contributed by atoms with Crippen LogP contribution in [-0.2, 0) is 43.5 Å². The average molecular weight is 667 g/mol. The van der Waals surface area contributed by atoms with Crippen LogP contribution in [0.5, 0.6) is 0 Å². The molecule has 0 saturated carbocycles. The van der Waals surface area contributed by atoms with Gasteiger partial charge in [-0.3, -0.25) is 24.2 Å². The molecular weight excluding hydrogens is 627 g/mol. The summed E-state index contributed by atoms with van der Waals surface area (Å²) in [5.74, 6) is -3.63. The highest BCUT2D eigenvalue weighted by Gasteiger charge is 2.42. The number of ether oxygens (including phenoxy) is 2. The quantitative estimate of drug-likeness (QED) is 0.119. The van der Waals surface area contributed by atoms with E-state index in [-0.39, 0.29) is 19.6 Å². The lowest BCUT2D eigenvalue weighted by Gasteiger charge is -2.28. The fourth-order valence-corrected chi connectivity index (χ4v) is 5.54. The van der Waals surface area contributed by atoms with E-state index in [0.29, 0.717) is 33.9 Å². The largest absolute Gasteiger partial charge is 0.469 e. The molecule has 0 bridgehead atoms. The summed E-state index contributed by atoms with van der Waals surface area (Å²) in [6.45, 7) is 5.47. The van der Waals surface area contributed by atoms with E-state index in [1.807, 2.05) is 0 Å². The van der Waals surface area contributed by atoms with Crippen molar-refractivity contribution in [3.05, 3.63) is 120 Å². The summed E-state index contributed by atoms with van der Waals surface area (Å²) in [7, 11) is 1.21. The highest BCUT2D eigenvalue weighted by Crippen LogP contribution is 2.41. The Morgan fingerprint density at radius 3 is 2.06 bits per heavy atom. The molecule has 0 fully saturated rings. The Labute approximate surface area is 284 Å². The van der Waals surface area contributed by atoms with Crippen LogP contribution in [0.15, 0.2) is 97.1 Å². The highest BCUT2D eigenvalue weighted by atomic mass is 19.1. The molecule has 0 radical (unpaired) electrons. The van der Waals surface area contributed by atoms with Crippen LogP contribution >= 0.6 is 0 Å². The number of hydrogen-bond acceptors (Lipinski definition) is 7. The summed E-state index contributed by atoms with van der Waals surface area (Å²) in [4.78, 5) is 58.4. The molecule has 0 spiro atoms. The molecule has 1 unspecified atom stereocenters. The van der Waals surface area contributed by atoms with Gasteiger partial charge in [0.1, 0.15) is 17.3 Å². The number of rotatable bonds is 9. The number of esters is 1. The van der Waals surface area contributed by atoms with E-state index in [9.17, 15) is 23.6 Å². The fourth-order valence-electron chi connectivity index (χ4n) is 5.54. The highest BCUT2D eigenvalue weighted by molar-refractivity contribution is 6.21. The molecule has 4 aromatic rings. The zero-order chi connectivity index (χ0) is 35.3. The predicted molar refractivity (Wildman–Crippen MR) is 184 cm³/mol. The summed E-state index contributed by atoms with van der Waals surface area (Å²) < 4.78 is 25.1. The van der Waals surface area contributed by atoms with E-state index >= 15 is 0 Å². The molecule has 2 N–H and O–H groups in total. The third kappa shape index (κ3) is 8.24. The molecule has 11 heteroatoms. The topological polar surface area (TPSA) is 122 Å². The van der Waals surface area contributed by atoms with Crippen LogP contribution in [0.1, 0.15) is 43.9 Å². The maximum absolute atomic E-state index is 14.6. The van der Waals surface area contributed by atoms with Gasteiger partial charge in [-0.15, -0.1) is 0 Å². The lowest BCUT2D eigenvalue weighted by molar-refractivity contribution is -0.146. The smallest absolute Gasteiger partial charge is 0.410 e. The minimum absolute atomic E-state index is 0.0253. The fraction of sp³-hybridized carbons (Fsp3) is 0.263. The van der Waals surface area contributed by atoms with Gasteiger partial charge < -0.3 is 20.1 Å². The number of para-hydroxylation sites is 2. The number of anilines is 4. The van der Waals surface area contributed by atoms with E-state index in [0.717, 1.165) is 5.56 Å². The maximum Gasteiger partial charge on any atom is 0.410 e. The lowest BCUT2D eigenvalue weighted by Crippen LogP contribution is -2.41. The molecule has 1 aliphatic heterocycles. The standard InChI is InChI=1S/C38H39FN4O6/c1-38(2,3)49-37(47)41(24-27-9-5-6-10-31(27)39)22-25-15-19-29(20-16-25)43-33-12-8-7-11-32(33)42(23-26-13-17-28(40)18-14-26)35(45)30(36(43)46)21-34(44)48-4/h5-20,30H,21-24,40H2,1-4H3. The van der Waals surface area contributed by atoms with Crippen LogP contribution in [-0.4, -0.2) is 41.5 Å². The first kappa shape index (κ1) is 34.6. The van der Waals surface area contributed by atoms with Crippen LogP contribution in [0.3, 0.4) is 0 Å². The Morgan fingerprint density at radius 2 is 1.43 bits per heavy atom. The number of benzene rings is 4. The van der Waals surface area contributed by atoms with Gasteiger partial charge in [0.2, 0.25) is 11.8 Å². The Kier molecular flexibility index (Phi) is 10.3. The Morgan fingerprint density at radius 1 is 0.816 bits per heavy atom. The van der Waals surface area contributed by atoms with Gasteiger partial charge in [-0.25, -0.2) is 9.18 Å². The molecule has 5 rings (SSSR count). The van der Waals surface area contributed by atoms with Gasteiger partial charge >= 0.3 is 12.1 Å². The summed E-state index contributed by atoms with van der Waals surface area (Å²) in [6.07, 6.45) is -1.06. The second-order valence-electron chi connectivity index (χ2n) is 12.8. The first-order chi connectivity index (χ1) is 23.3. The maximum atomic E-state index is 14.6. The zero-order valence-corrected chi connectivity index (χ0v) is 27.9. The molecule has 49 heavy (non-hydrogen) atoms. The van der Waals surface area contributed by atoms with Gasteiger partial charge in [-0.05, 0) is 74.4 Å². The van der Waals surface area contributed by atoms with Crippen LogP contribution in [0, 0.1) is 11.7 Å². The second-order valence-corrected chi connectivity index (χ2v) is 12.8. The van der Waals surface area contributed by atoms with E-state index in [4.69, 9.17) is 15.2 Å². The molecule has 1 heterocycles. The van der Waals surface area contributed by atoms with Crippen molar-refractivity contribution in [3.8, 4) is 0 Å². The van der Waals surface area contributed by atoms with Crippen LogP contribution in [0.25, 0.3) is 0 Å². The van der Waals surface area contributed by atoms with Crippen molar-refractivity contribution < 1.29 is 33.0 Å². The van der Waals surface area contributed by atoms with E-state index in [1.54, 1.807) is 112 Å². The number of nitrogens with two attached hydrogens (primary N) is 1. The molecule has 0 aliphatic carbocycles. The molecule has 0 saturated heterocycles. The Hall–Kier alpha value is -5.71. The third-order valence-corrected chi connectivity index (χ3v) is 7.95. The molecular formula is C38H39FN4O6. The van der Waals surface area contributed by atoms with Gasteiger partial charge in [0, 0.05) is 23.5 Å². The Balaban J connectivity index is 1.50. The van der Waals surface area contributed by atoms with Crippen LogP contribution < -0.4 is 15.5 Å². The minimum Gasteiger partial charge on any atom is -0.469 e. The number of methoxy groups -OCH3 is 1. The first-order valence-electron chi connectivity index (χ1n) is 15.8. The minimum atomic E-state index is -1.36. The summed E-state index contributed by atoms with van der Waals surface area (Å²) >= 11 is 0. The third-order valence-electron chi connectivity index (χ3n) is 7.95. The van der Waals surface area contributed by atoms with Crippen molar-refractivity contribution in [3.63, 3.8) is 0 Å². The van der Waals surface area contributed by atoms with Gasteiger partial charge in [0.25, 0.3) is 0 Å². The first-order valence-corrected chi connectivity index (χ1v) is 15.8. The monoisotopic (exact) mass is 666 g/mol. The number of amides is 3. The normalized spacial score (nSPS) is 14.6. The number of fused-ring (bicyclic) bond motifs is 1. The average Bonchev–Trinajstić information content (AvgIpc) is 3.15. The van der Waals surface area contributed by atoms with Gasteiger partial charge in [-0.2, -0.15) is 0 Å². The molecule has 3 amide bonds. The van der Waals surface area contributed by atoms with Gasteiger partial charge in [-0.1, -0.05) is 54.6 Å². The number of nitrogens with zero attached hydrogens (tertiary/aromatic N) is 3. The molecule has 1 aliphatic rings. The van der Waals surface area contributed by atoms with E-state index in [2.05, 4.69) is 0 Å². The van der Waals surface area contributed by atoms with Gasteiger partial charge in [0.05, 0.1) is 38.0 Å². The van der Waals surface area contributed by atoms with Crippen molar-refractivity contribution in [2.24, 2.45) is 5.92 Å². The molecule has 0 aromatic heterocycles. The van der Waals surface area contributed by atoms with E-state index < -0.39 is 47.6 Å². The van der Waals surface area contributed by atoms with Crippen molar-refractivity contribution in [1.82, 2.24) is 4.90 Å². The summed E-state index contributed by atoms with van der Waals surface area (Å²) in [6, 6.07) is 27.2. The van der Waals surface area contributed by atoms with Crippen molar-refractivity contribution in [2.75, 3.05) is 22.6 Å².